The lowest BCUT2D eigenvalue weighted by atomic mass is 10.1. The summed E-state index contributed by atoms with van der Waals surface area (Å²) in [5.41, 5.74) is 2.42. The second-order valence-electron chi connectivity index (χ2n) is 6.98. The fourth-order valence-electron chi connectivity index (χ4n) is 3.27. The summed E-state index contributed by atoms with van der Waals surface area (Å²) < 4.78 is 5.93. The van der Waals surface area contributed by atoms with Crippen molar-refractivity contribution in [1.82, 2.24) is 10.2 Å². The maximum Gasteiger partial charge on any atom is 0.335 e. The molecule has 1 aliphatic heterocycles. The molecule has 1 saturated heterocycles. The van der Waals surface area contributed by atoms with Gasteiger partial charge >= 0.3 is 12.0 Å². The quantitative estimate of drug-likeness (QED) is 0.687. The average Bonchev–Trinajstić information content (AvgIpc) is 3.19. The Morgan fingerprint density at radius 1 is 1.07 bits per heavy atom. The normalized spacial score (nSPS) is 16.1. The third-order valence-electron chi connectivity index (χ3n) is 4.88. The number of likely N-dealkylation sites (tertiary alicyclic amines) is 1. The number of hydrogen-bond donors (Lipinski definition) is 2. The second-order valence-corrected chi connectivity index (χ2v) is 6.98. The molecule has 6 heteroatoms. The molecule has 1 unspecified atom stereocenters. The van der Waals surface area contributed by atoms with Gasteiger partial charge in [0.15, 0.2) is 0 Å². The van der Waals surface area contributed by atoms with E-state index < -0.39 is 5.97 Å². The number of nitrogens with zero attached hydrogens (tertiary/aromatic N) is 1. The molecule has 1 atom stereocenters. The molecular weight excluding hydrogens is 356 g/mol. The van der Waals surface area contributed by atoms with E-state index in [9.17, 15) is 9.59 Å². The lowest BCUT2D eigenvalue weighted by Gasteiger charge is -2.17. The molecule has 0 aromatic heterocycles. The van der Waals surface area contributed by atoms with Crippen molar-refractivity contribution < 1.29 is 19.4 Å². The molecule has 28 heavy (non-hydrogen) atoms. The van der Waals surface area contributed by atoms with Gasteiger partial charge in [-0.25, -0.2) is 9.59 Å². The number of ether oxygens (including phenoxy) is 1. The number of aromatic carboxylic acids is 1. The Balaban J connectivity index is 1.34. The minimum atomic E-state index is -0.956. The van der Waals surface area contributed by atoms with E-state index in [2.05, 4.69) is 17.4 Å². The second kappa shape index (κ2) is 9.90. The number of carboxylic acid groups (broad SMARTS) is 1. The summed E-state index contributed by atoms with van der Waals surface area (Å²) in [5.74, 6) is -0.956. The van der Waals surface area contributed by atoms with Crippen LogP contribution in [0.2, 0.25) is 0 Å². The number of carbonyl (C=O) groups excluding carboxylic acids is 1. The van der Waals surface area contributed by atoms with Gasteiger partial charge in [-0.05, 0) is 42.5 Å². The molecule has 2 N–H and O–H groups in total. The number of hydrogen-bond acceptors (Lipinski definition) is 3. The van der Waals surface area contributed by atoms with Crippen LogP contribution in [0.1, 0.15) is 34.3 Å². The zero-order valence-corrected chi connectivity index (χ0v) is 15.8. The highest BCUT2D eigenvalue weighted by Crippen LogP contribution is 2.14. The van der Waals surface area contributed by atoms with Gasteiger partial charge in [0.2, 0.25) is 0 Å². The Labute approximate surface area is 165 Å². The SMILES string of the molecule is O=C(O)c1ccc(CNC(=O)N2CCC(OCCCc3ccccc3)C2)cc1. The number of carboxylic acids is 1. The summed E-state index contributed by atoms with van der Waals surface area (Å²) in [7, 11) is 0. The number of nitrogens with one attached hydrogen (secondary N) is 1. The minimum absolute atomic E-state index is 0.0939. The summed E-state index contributed by atoms with van der Waals surface area (Å²) in [6.45, 7) is 2.37. The molecule has 148 valence electrons. The molecule has 3 rings (SSSR count). The molecule has 0 saturated carbocycles. The number of rotatable bonds is 8. The molecule has 1 aliphatic rings. The van der Waals surface area contributed by atoms with Crippen molar-refractivity contribution >= 4 is 12.0 Å². The fourth-order valence-corrected chi connectivity index (χ4v) is 3.27. The fraction of sp³-hybridized carbons (Fsp3) is 0.364. The van der Waals surface area contributed by atoms with Gasteiger partial charge in [0.25, 0.3) is 0 Å². The maximum absolute atomic E-state index is 12.3. The third-order valence-corrected chi connectivity index (χ3v) is 4.88. The topological polar surface area (TPSA) is 78.9 Å². The van der Waals surface area contributed by atoms with E-state index in [1.54, 1.807) is 29.2 Å². The zero-order chi connectivity index (χ0) is 19.8. The minimum Gasteiger partial charge on any atom is -0.478 e. The lowest BCUT2D eigenvalue weighted by molar-refractivity contribution is 0.0597. The third kappa shape index (κ3) is 5.82. The summed E-state index contributed by atoms with van der Waals surface area (Å²) in [6.07, 6.45) is 2.92. The first-order valence-corrected chi connectivity index (χ1v) is 9.62. The van der Waals surface area contributed by atoms with E-state index in [1.807, 2.05) is 18.2 Å². The molecule has 1 fully saturated rings. The maximum atomic E-state index is 12.3. The van der Waals surface area contributed by atoms with E-state index in [1.165, 1.54) is 5.56 Å². The first kappa shape index (κ1) is 19.9. The smallest absolute Gasteiger partial charge is 0.335 e. The monoisotopic (exact) mass is 382 g/mol. The number of carbonyl (C=O) groups is 2. The van der Waals surface area contributed by atoms with E-state index >= 15 is 0 Å². The summed E-state index contributed by atoms with van der Waals surface area (Å²) >= 11 is 0. The van der Waals surface area contributed by atoms with Crippen molar-refractivity contribution in [3.8, 4) is 0 Å². The van der Waals surface area contributed by atoms with E-state index in [0.29, 0.717) is 26.2 Å². The number of aryl methyl sites for hydroxylation is 1. The zero-order valence-electron chi connectivity index (χ0n) is 15.8. The van der Waals surface area contributed by atoms with E-state index in [4.69, 9.17) is 9.84 Å². The molecular formula is C22H26N2O4. The van der Waals surface area contributed by atoms with Crippen molar-refractivity contribution in [2.24, 2.45) is 0 Å². The Bertz CT molecular complexity index is 777. The van der Waals surface area contributed by atoms with Crippen LogP contribution in [0.15, 0.2) is 54.6 Å². The van der Waals surface area contributed by atoms with Gasteiger partial charge in [0.1, 0.15) is 0 Å². The van der Waals surface area contributed by atoms with Crippen LogP contribution in [-0.4, -0.2) is 47.8 Å². The molecule has 0 aliphatic carbocycles. The molecule has 2 aromatic carbocycles. The molecule has 0 radical (unpaired) electrons. The first-order valence-electron chi connectivity index (χ1n) is 9.62. The van der Waals surface area contributed by atoms with Crippen LogP contribution in [0.3, 0.4) is 0 Å². The molecule has 6 nitrogen and oxygen atoms in total. The predicted octanol–water partition coefficient (Wildman–Crippen LogP) is 3.32. The van der Waals surface area contributed by atoms with Gasteiger partial charge in [-0.15, -0.1) is 0 Å². The molecule has 2 aromatic rings. The van der Waals surface area contributed by atoms with Gasteiger partial charge in [-0.2, -0.15) is 0 Å². The Kier molecular flexibility index (Phi) is 7.03. The standard InChI is InChI=1S/C22H26N2O4/c25-21(26)19-10-8-18(9-11-19)15-23-22(27)24-13-12-20(16-24)28-14-4-7-17-5-2-1-3-6-17/h1-3,5-6,8-11,20H,4,7,12-16H2,(H,23,27)(H,25,26). The predicted molar refractivity (Wildman–Crippen MR) is 106 cm³/mol. The van der Waals surface area contributed by atoms with Gasteiger partial charge in [-0.3, -0.25) is 0 Å². The van der Waals surface area contributed by atoms with Crippen LogP contribution in [0.4, 0.5) is 4.79 Å². The van der Waals surface area contributed by atoms with E-state index in [0.717, 1.165) is 24.8 Å². The van der Waals surface area contributed by atoms with E-state index in [-0.39, 0.29) is 17.7 Å². The largest absolute Gasteiger partial charge is 0.478 e. The van der Waals surface area contributed by atoms with Gasteiger partial charge < -0.3 is 20.1 Å². The molecule has 1 heterocycles. The van der Waals surface area contributed by atoms with Gasteiger partial charge in [0, 0.05) is 26.2 Å². The van der Waals surface area contributed by atoms with Crippen LogP contribution in [0, 0.1) is 0 Å². The average molecular weight is 382 g/mol. The van der Waals surface area contributed by atoms with Crippen LogP contribution < -0.4 is 5.32 Å². The van der Waals surface area contributed by atoms with Crippen LogP contribution in [0.5, 0.6) is 0 Å². The van der Waals surface area contributed by atoms with Crippen molar-refractivity contribution in [1.29, 1.82) is 0 Å². The summed E-state index contributed by atoms with van der Waals surface area (Å²) in [6, 6.07) is 16.7. The van der Waals surface area contributed by atoms with Crippen molar-refractivity contribution in [3.63, 3.8) is 0 Å². The Morgan fingerprint density at radius 3 is 2.54 bits per heavy atom. The Hall–Kier alpha value is -2.86. The number of amides is 2. The molecule has 0 bridgehead atoms. The van der Waals surface area contributed by atoms with Crippen LogP contribution in [-0.2, 0) is 17.7 Å². The highest BCUT2D eigenvalue weighted by molar-refractivity contribution is 5.87. The van der Waals surface area contributed by atoms with Crippen molar-refractivity contribution in [2.45, 2.75) is 31.9 Å². The highest BCUT2D eigenvalue weighted by atomic mass is 16.5. The van der Waals surface area contributed by atoms with Crippen molar-refractivity contribution in [2.75, 3.05) is 19.7 Å². The first-order chi connectivity index (χ1) is 13.6. The van der Waals surface area contributed by atoms with Gasteiger partial charge in [-0.1, -0.05) is 42.5 Å². The van der Waals surface area contributed by atoms with Gasteiger partial charge in [0.05, 0.1) is 11.7 Å². The molecule has 0 spiro atoms. The molecule has 2 amide bonds. The number of urea groups is 1. The summed E-state index contributed by atoms with van der Waals surface area (Å²) in [4.78, 5) is 25.0. The van der Waals surface area contributed by atoms with Crippen LogP contribution >= 0.6 is 0 Å². The number of benzene rings is 2. The lowest BCUT2D eigenvalue weighted by Crippen LogP contribution is -2.38. The van der Waals surface area contributed by atoms with Crippen LogP contribution in [0.25, 0.3) is 0 Å². The summed E-state index contributed by atoms with van der Waals surface area (Å²) in [5, 5.41) is 11.8. The highest BCUT2D eigenvalue weighted by Gasteiger charge is 2.26. The Morgan fingerprint density at radius 2 is 1.82 bits per heavy atom. The van der Waals surface area contributed by atoms with Crippen molar-refractivity contribution in [3.05, 3.63) is 71.3 Å².